The third-order valence-electron chi connectivity index (χ3n) is 4.77. The van der Waals surface area contributed by atoms with Crippen LogP contribution in [0.25, 0.3) is 11.3 Å². The molecule has 0 unspecified atom stereocenters. The largest absolute Gasteiger partial charge is 0.382 e. The molecule has 0 radical (unpaired) electrons. The first-order valence-corrected chi connectivity index (χ1v) is 12.1. The first kappa shape index (κ1) is 26.1. The molecule has 34 heavy (non-hydrogen) atoms. The van der Waals surface area contributed by atoms with Crippen molar-refractivity contribution < 1.29 is 35.5 Å². The number of ether oxygens (including phenoxy) is 2. The number of benzene rings is 2. The Morgan fingerprint density at radius 3 is 2.47 bits per heavy atom. The zero-order valence-electron chi connectivity index (χ0n) is 18.1. The van der Waals surface area contributed by atoms with Crippen molar-refractivity contribution >= 4 is 31.6 Å². The molecule has 0 spiro atoms. The lowest BCUT2D eigenvalue weighted by atomic mass is 10.1. The van der Waals surface area contributed by atoms with Gasteiger partial charge in [0.15, 0.2) is 5.82 Å². The quantitative estimate of drug-likeness (QED) is 0.202. The summed E-state index contributed by atoms with van der Waals surface area (Å²) in [6.07, 6.45) is 1.34. The monoisotopic (exact) mass is 565 g/mol. The maximum atomic E-state index is 15.8. The van der Waals surface area contributed by atoms with Crippen LogP contribution in [-0.2, 0) is 26.0 Å². The standard InChI is InChI=1S/C21H20BrF4N3O4S/c1-3-28-21(14(22)11-27-28)19-16(25)6-7-17(20(19)26)29(12-33-9-8-32-2)34(30,31)18-10-13(23)4-5-15(18)24/h4-7,10-11H,3,8-9,12H2,1-2H3. The molecule has 3 aromatic rings. The second-order valence-corrected chi connectivity index (χ2v) is 9.56. The molecular formula is C21H20BrF4N3O4S. The van der Waals surface area contributed by atoms with Gasteiger partial charge in [-0.3, -0.25) is 4.68 Å². The minimum atomic E-state index is -4.89. The van der Waals surface area contributed by atoms with Crippen LogP contribution in [0.4, 0.5) is 23.2 Å². The molecule has 0 N–H and O–H groups in total. The lowest BCUT2D eigenvalue weighted by Gasteiger charge is -2.26. The zero-order chi connectivity index (χ0) is 25.0. The molecule has 3 rings (SSSR count). The van der Waals surface area contributed by atoms with E-state index in [9.17, 15) is 21.6 Å². The smallest absolute Gasteiger partial charge is 0.269 e. The molecule has 0 fully saturated rings. The van der Waals surface area contributed by atoms with E-state index in [1.54, 1.807) is 6.92 Å². The molecule has 0 amide bonds. The normalized spacial score (nSPS) is 11.7. The summed E-state index contributed by atoms with van der Waals surface area (Å²) in [5.74, 6) is -4.51. The highest BCUT2D eigenvalue weighted by Gasteiger charge is 2.33. The van der Waals surface area contributed by atoms with Crippen molar-refractivity contribution in [3.8, 4) is 11.3 Å². The molecule has 0 aliphatic heterocycles. The minimum Gasteiger partial charge on any atom is -0.382 e. The summed E-state index contributed by atoms with van der Waals surface area (Å²) < 4.78 is 97.5. The Labute approximate surface area is 202 Å². The van der Waals surface area contributed by atoms with Gasteiger partial charge in [-0.15, -0.1) is 0 Å². The van der Waals surface area contributed by atoms with E-state index in [2.05, 4.69) is 21.0 Å². The van der Waals surface area contributed by atoms with Gasteiger partial charge in [0, 0.05) is 13.7 Å². The zero-order valence-corrected chi connectivity index (χ0v) is 20.5. The minimum absolute atomic E-state index is 0.0361. The van der Waals surface area contributed by atoms with Gasteiger partial charge < -0.3 is 9.47 Å². The van der Waals surface area contributed by atoms with Crippen molar-refractivity contribution in [3.63, 3.8) is 0 Å². The van der Waals surface area contributed by atoms with Crippen molar-refractivity contribution in [2.75, 3.05) is 31.4 Å². The van der Waals surface area contributed by atoms with Gasteiger partial charge in [-0.25, -0.2) is 30.3 Å². The predicted octanol–water partition coefficient (Wildman–Crippen LogP) is 4.70. The molecule has 184 valence electrons. The van der Waals surface area contributed by atoms with Gasteiger partial charge in [-0.2, -0.15) is 5.10 Å². The maximum Gasteiger partial charge on any atom is 0.269 e. The Bertz CT molecular complexity index is 1290. The van der Waals surface area contributed by atoms with Crippen LogP contribution in [-0.4, -0.2) is 45.3 Å². The van der Waals surface area contributed by atoms with Gasteiger partial charge in [-0.05, 0) is 53.2 Å². The van der Waals surface area contributed by atoms with Gasteiger partial charge in [0.1, 0.15) is 29.1 Å². The summed E-state index contributed by atoms with van der Waals surface area (Å²) in [5, 5.41) is 4.03. The molecular weight excluding hydrogens is 546 g/mol. The van der Waals surface area contributed by atoms with Crippen molar-refractivity contribution in [2.24, 2.45) is 0 Å². The van der Waals surface area contributed by atoms with E-state index < -0.39 is 56.2 Å². The van der Waals surface area contributed by atoms with Crippen molar-refractivity contribution in [1.29, 1.82) is 0 Å². The molecule has 0 bridgehead atoms. The second kappa shape index (κ2) is 10.8. The number of aromatic nitrogens is 2. The van der Waals surface area contributed by atoms with Crippen LogP contribution in [0.2, 0.25) is 0 Å². The van der Waals surface area contributed by atoms with E-state index in [4.69, 9.17) is 9.47 Å². The summed E-state index contributed by atoms with van der Waals surface area (Å²) >= 11 is 3.20. The summed E-state index contributed by atoms with van der Waals surface area (Å²) in [5.41, 5.74) is -1.15. The van der Waals surface area contributed by atoms with E-state index in [0.717, 1.165) is 18.2 Å². The van der Waals surface area contributed by atoms with Crippen LogP contribution < -0.4 is 4.31 Å². The van der Waals surface area contributed by atoms with Gasteiger partial charge in [-0.1, -0.05) is 0 Å². The summed E-state index contributed by atoms with van der Waals surface area (Å²) in [7, 11) is -3.50. The van der Waals surface area contributed by atoms with Crippen molar-refractivity contribution in [1.82, 2.24) is 9.78 Å². The van der Waals surface area contributed by atoms with Crippen LogP contribution in [0.5, 0.6) is 0 Å². The highest BCUT2D eigenvalue weighted by atomic mass is 79.9. The topological polar surface area (TPSA) is 73.7 Å². The van der Waals surface area contributed by atoms with Gasteiger partial charge in [0.2, 0.25) is 0 Å². The van der Waals surface area contributed by atoms with E-state index in [0.29, 0.717) is 16.4 Å². The molecule has 1 heterocycles. The predicted molar refractivity (Wildman–Crippen MR) is 120 cm³/mol. The molecule has 13 heteroatoms. The van der Waals surface area contributed by atoms with Crippen LogP contribution >= 0.6 is 15.9 Å². The molecule has 1 aromatic heterocycles. The average Bonchev–Trinajstić information content (AvgIpc) is 3.16. The Balaban J connectivity index is 2.21. The lowest BCUT2D eigenvalue weighted by molar-refractivity contribution is 0.0754. The summed E-state index contributed by atoms with van der Waals surface area (Å²) in [6.45, 7) is 1.19. The lowest BCUT2D eigenvalue weighted by Crippen LogP contribution is -2.35. The Morgan fingerprint density at radius 1 is 1.09 bits per heavy atom. The van der Waals surface area contributed by atoms with E-state index in [1.807, 2.05) is 0 Å². The van der Waals surface area contributed by atoms with Crippen LogP contribution in [0, 0.1) is 23.3 Å². The van der Waals surface area contributed by atoms with Crippen molar-refractivity contribution in [2.45, 2.75) is 18.4 Å². The van der Waals surface area contributed by atoms with Crippen molar-refractivity contribution in [3.05, 3.63) is 64.3 Å². The number of methoxy groups -OCH3 is 1. The van der Waals surface area contributed by atoms with E-state index in [1.165, 1.54) is 18.0 Å². The average molecular weight is 566 g/mol. The first-order valence-electron chi connectivity index (χ1n) is 9.87. The molecule has 2 aromatic carbocycles. The highest BCUT2D eigenvalue weighted by Crippen LogP contribution is 2.38. The molecule has 0 saturated carbocycles. The number of sulfonamides is 1. The maximum absolute atomic E-state index is 15.8. The fraction of sp³-hybridized carbons (Fsp3) is 0.286. The number of nitrogens with zero attached hydrogens (tertiary/aromatic N) is 3. The number of aryl methyl sites for hydroxylation is 1. The number of anilines is 1. The molecule has 7 nitrogen and oxygen atoms in total. The fourth-order valence-corrected chi connectivity index (χ4v) is 5.07. The van der Waals surface area contributed by atoms with Crippen LogP contribution in [0.3, 0.4) is 0 Å². The third kappa shape index (κ3) is 5.11. The Kier molecular flexibility index (Phi) is 8.34. The first-order chi connectivity index (χ1) is 16.1. The van der Waals surface area contributed by atoms with Gasteiger partial charge in [0.25, 0.3) is 10.0 Å². The number of hydrogen-bond acceptors (Lipinski definition) is 5. The van der Waals surface area contributed by atoms with Gasteiger partial charge >= 0.3 is 0 Å². The summed E-state index contributed by atoms with van der Waals surface area (Å²) in [4.78, 5) is -1.03. The van der Waals surface area contributed by atoms with Crippen LogP contribution in [0.15, 0.2) is 45.9 Å². The van der Waals surface area contributed by atoms with Crippen LogP contribution in [0.1, 0.15) is 6.92 Å². The summed E-state index contributed by atoms with van der Waals surface area (Å²) in [6, 6.07) is 3.59. The number of rotatable bonds is 10. The third-order valence-corrected chi connectivity index (χ3v) is 7.10. The van der Waals surface area contributed by atoms with Gasteiger partial charge in [0.05, 0.1) is 40.8 Å². The molecule has 0 saturated heterocycles. The SMILES string of the molecule is CCn1ncc(Br)c1-c1c(F)ccc(N(COCCOC)S(=O)(=O)c2cc(F)ccc2F)c1F. The number of halogens is 5. The highest BCUT2D eigenvalue weighted by molar-refractivity contribution is 9.10. The second-order valence-electron chi connectivity index (χ2n) is 6.87. The molecule has 0 atom stereocenters. The van der Waals surface area contributed by atoms with E-state index in [-0.39, 0.29) is 29.9 Å². The number of hydrogen-bond donors (Lipinski definition) is 0. The molecule has 0 aliphatic rings. The fourth-order valence-electron chi connectivity index (χ4n) is 3.15. The Hall–Kier alpha value is -2.48. The Morgan fingerprint density at radius 2 is 1.79 bits per heavy atom. The van der Waals surface area contributed by atoms with E-state index >= 15 is 4.39 Å². The molecule has 0 aliphatic carbocycles.